The lowest BCUT2D eigenvalue weighted by atomic mass is 9.93. The summed E-state index contributed by atoms with van der Waals surface area (Å²) in [5.74, 6) is 1.53. The molecule has 7 heteroatoms. The number of nitrogens with zero attached hydrogens (tertiary/aromatic N) is 4. The van der Waals surface area contributed by atoms with Gasteiger partial charge in [0.15, 0.2) is 0 Å². The Hall–Kier alpha value is -1.50. The Bertz CT molecular complexity index is 543. The fourth-order valence-corrected chi connectivity index (χ4v) is 4.39. The van der Waals surface area contributed by atoms with Gasteiger partial charge < -0.3 is 10.6 Å². The minimum atomic E-state index is -0.148. The van der Waals surface area contributed by atoms with Gasteiger partial charge in [-0.2, -0.15) is 0 Å². The SMILES string of the molecule is CC(C)C[C@@H](c1nnnn1C1CCCC1)[NH+]1CCC(C(N)=O)CC1. The summed E-state index contributed by atoms with van der Waals surface area (Å²) in [6.07, 6.45) is 7.75. The minimum Gasteiger partial charge on any atom is -0.369 e. The maximum Gasteiger partial charge on any atom is 0.220 e. The largest absolute Gasteiger partial charge is 0.369 e. The van der Waals surface area contributed by atoms with E-state index in [-0.39, 0.29) is 11.8 Å². The Kier molecular flexibility index (Phi) is 5.48. The molecule has 24 heavy (non-hydrogen) atoms. The first-order chi connectivity index (χ1) is 11.6. The summed E-state index contributed by atoms with van der Waals surface area (Å²) in [6.45, 7) is 6.46. The number of aromatic nitrogens is 4. The normalized spacial score (nSPS) is 26.8. The third-order valence-electron chi connectivity index (χ3n) is 5.73. The molecule has 0 unspecified atom stereocenters. The summed E-state index contributed by atoms with van der Waals surface area (Å²) >= 11 is 0. The molecule has 1 saturated heterocycles. The second-order valence-corrected chi connectivity index (χ2v) is 7.94. The van der Waals surface area contributed by atoms with Gasteiger partial charge in [0.2, 0.25) is 11.7 Å². The smallest absolute Gasteiger partial charge is 0.220 e. The van der Waals surface area contributed by atoms with Crippen LogP contribution in [0.3, 0.4) is 0 Å². The maximum absolute atomic E-state index is 11.4. The highest BCUT2D eigenvalue weighted by atomic mass is 16.1. The first-order valence-electron chi connectivity index (χ1n) is 9.48. The van der Waals surface area contributed by atoms with Crippen LogP contribution in [0.15, 0.2) is 0 Å². The van der Waals surface area contributed by atoms with Crippen LogP contribution >= 0.6 is 0 Å². The van der Waals surface area contributed by atoms with Crippen molar-refractivity contribution in [3.05, 3.63) is 5.82 Å². The highest BCUT2D eigenvalue weighted by molar-refractivity contribution is 5.76. The van der Waals surface area contributed by atoms with Crippen molar-refractivity contribution in [3.8, 4) is 0 Å². The van der Waals surface area contributed by atoms with E-state index in [1.165, 1.54) is 30.6 Å². The van der Waals surface area contributed by atoms with Gasteiger partial charge in [0, 0.05) is 25.2 Å². The van der Waals surface area contributed by atoms with Crippen LogP contribution < -0.4 is 10.6 Å². The molecule has 1 aromatic heterocycles. The fourth-order valence-electron chi connectivity index (χ4n) is 4.39. The number of quaternary nitrogens is 1. The van der Waals surface area contributed by atoms with Crippen LogP contribution in [0, 0.1) is 11.8 Å². The lowest BCUT2D eigenvalue weighted by Crippen LogP contribution is -3.13. The van der Waals surface area contributed by atoms with Crippen LogP contribution in [0.5, 0.6) is 0 Å². The fraction of sp³-hybridized carbons (Fsp3) is 0.882. The first-order valence-corrected chi connectivity index (χ1v) is 9.48. The number of rotatable bonds is 6. The van der Waals surface area contributed by atoms with Crippen molar-refractivity contribution < 1.29 is 9.69 Å². The molecule has 3 rings (SSSR count). The average Bonchev–Trinajstić information content (AvgIpc) is 3.23. The molecule has 0 radical (unpaired) electrons. The molecule has 2 heterocycles. The molecule has 0 aromatic carbocycles. The predicted octanol–water partition coefficient (Wildman–Crippen LogP) is 0.656. The number of primary amides is 1. The van der Waals surface area contributed by atoms with Crippen molar-refractivity contribution in [2.75, 3.05) is 13.1 Å². The third kappa shape index (κ3) is 3.77. The molecule has 1 saturated carbocycles. The number of hydrogen-bond acceptors (Lipinski definition) is 4. The molecule has 1 aromatic rings. The Morgan fingerprint density at radius 3 is 2.50 bits per heavy atom. The van der Waals surface area contributed by atoms with Crippen molar-refractivity contribution in [1.82, 2.24) is 20.2 Å². The molecular formula is C17H31N6O+. The lowest BCUT2D eigenvalue weighted by Gasteiger charge is -2.34. The molecular weight excluding hydrogens is 304 g/mol. The number of tetrazole rings is 1. The van der Waals surface area contributed by atoms with E-state index in [1.807, 2.05) is 0 Å². The molecule has 3 N–H and O–H groups in total. The van der Waals surface area contributed by atoms with Crippen LogP contribution in [0.4, 0.5) is 0 Å². The van der Waals surface area contributed by atoms with E-state index < -0.39 is 0 Å². The summed E-state index contributed by atoms with van der Waals surface area (Å²) in [4.78, 5) is 13.0. The molecule has 134 valence electrons. The van der Waals surface area contributed by atoms with E-state index in [4.69, 9.17) is 5.73 Å². The van der Waals surface area contributed by atoms with Gasteiger partial charge in [0.25, 0.3) is 0 Å². The van der Waals surface area contributed by atoms with E-state index in [9.17, 15) is 4.79 Å². The molecule has 1 aliphatic heterocycles. The van der Waals surface area contributed by atoms with Gasteiger partial charge in [0.05, 0.1) is 19.1 Å². The van der Waals surface area contributed by atoms with E-state index in [1.54, 1.807) is 0 Å². The zero-order valence-electron chi connectivity index (χ0n) is 14.9. The van der Waals surface area contributed by atoms with Crippen molar-refractivity contribution >= 4 is 5.91 Å². The molecule has 2 aliphatic rings. The Morgan fingerprint density at radius 1 is 1.25 bits per heavy atom. The van der Waals surface area contributed by atoms with Crippen LogP contribution in [-0.4, -0.2) is 39.2 Å². The highest BCUT2D eigenvalue weighted by Gasteiger charge is 2.36. The van der Waals surface area contributed by atoms with Crippen LogP contribution in [-0.2, 0) is 4.79 Å². The Labute approximate surface area is 144 Å². The van der Waals surface area contributed by atoms with Crippen LogP contribution in [0.25, 0.3) is 0 Å². The van der Waals surface area contributed by atoms with E-state index >= 15 is 0 Å². The summed E-state index contributed by atoms with van der Waals surface area (Å²) in [5, 5.41) is 12.8. The van der Waals surface area contributed by atoms with Gasteiger partial charge in [-0.3, -0.25) is 4.79 Å². The van der Waals surface area contributed by atoms with Gasteiger partial charge in [-0.15, -0.1) is 5.10 Å². The van der Waals surface area contributed by atoms with Crippen LogP contribution in [0.1, 0.15) is 76.7 Å². The predicted molar refractivity (Wildman–Crippen MR) is 90.1 cm³/mol. The average molecular weight is 335 g/mol. The molecule has 1 aliphatic carbocycles. The number of carbonyl (C=O) groups excluding carboxylic acids is 1. The first kappa shape index (κ1) is 17.3. The van der Waals surface area contributed by atoms with Crippen LogP contribution in [0.2, 0.25) is 0 Å². The van der Waals surface area contributed by atoms with E-state index in [0.717, 1.165) is 38.2 Å². The summed E-state index contributed by atoms with van der Waals surface area (Å²) in [5.41, 5.74) is 5.49. The molecule has 1 atom stereocenters. The van der Waals surface area contributed by atoms with E-state index in [0.29, 0.717) is 18.0 Å². The summed E-state index contributed by atoms with van der Waals surface area (Å²) < 4.78 is 2.10. The highest BCUT2D eigenvalue weighted by Crippen LogP contribution is 2.31. The zero-order chi connectivity index (χ0) is 17.1. The summed E-state index contributed by atoms with van der Waals surface area (Å²) in [6, 6.07) is 0.779. The molecule has 2 fully saturated rings. The minimum absolute atomic E-state index is 0.0410. The lowest BCUT2D eigenvalue weighted by molar-refractivity contribution is -0.938. The number of carbonyl (C=O) groups is 1. The maximum atomic E-state index is 11.4. The van der Waals surface area contributed by atoms with Gasteiger partial charge in [-0.25, -0.2) is 4.68 Å². The van der Waals surface area contributed by atoms with Crippen molar-refractivity contribution in [2.45, 2.75) is 70.9 Å². The Balaban J connectivity index is 1.77. The monoisotopic (exact) mass is 335 g/mol. The van der Waals surface area contributed by atoms with Gasteiger partial charge >= 0.3 is 0 Å². The van der Waals surface area contributed by atoms with Crippen molar-refractivity contribution in [1.29, 1.82) is 0 Å². The number of nitrogens with two attached hydrogens (primary N) is 1. The molecule has 7 nitrogen and oxygen atoms in total. The van der Waals surface area contributed by atoms with E-state index in [2.05, 4.69) is 34.1 Å². The molecule has 0 spiro atoms. The zero-order valence-corrected chi connectivity index (χ0v) is 14.9. The number of piperidine rings is 1. The molecule has 1 amide bonds. The second kappa shape index (κ2) is 7.59. The topological polar surface area (TPSA) is 91.1 Å². The number of nitrogens with one attached hydrogen (secondary N) is 1. The summed E-state index contributed by atoms with van der Waals surface area (Å²) in [7, 11) is 0. The van der Waals surface area contributed by atoms with Gasteiger partial charge in [0.1, 0.15) is 6.04 Å². The van der Waals surface area contributed by atoms with Crippen molar-refractivity contribution in [3.63, 3.8) is 0 Å². The van der Waals surface area contributed by atoms with Gasteiger partial charge in [-0.1, -0.05) is 26.7 Å². The Morgan fingerprint density at radius 2 is 1.92 bits per heavy atom. The van der Waals surface area contributed by atoms with Crippen molar-refractivity contribution in [2.24, 2.45) is 17.6 Å². The number of likely N-dealkylation sites (tertiary alicyclic amines) is 1. The number of amides is 1. The standard InChI is InChI=1S/C17H30N6O/c1-12(2)11-15(22-9-7-13(8-10-22)16(18)24)17-19-20-21-23(17)14-5-3-4-6-14/h12-15H,3-11H2,1-2H3,(H2,18,24)/p+1/t15-/m0/s1. The van der Waals surface area contributed by atoms with Gasteiger partial charge in [-0.05, 0) is 29.2 Å². The second-order valence-electron chi connectivity index (χ2n) is 7.94. The number of hydrogen-bond donors (Lipinski definition) is 2. The quantitative estimate of drug-likeness (QED) is 0.799. The third-order valence-corrected chi connectivity index (χ3v) is 5.73. The molecule has 0 bridgehead atoms.